The summed E-state index contributed by atoms with van der Waals surface area (Å²) in [4.78, 5) is 25.5. The molecule has 0 radical (unpaired) electrons. The summed E-state index contributed by atoms with van der Waals surface area (Å²) in [7, 11) is 0. The van der Waals surface area contributed by atoms with Crippen LogP contribution in [0.2, 0.25) is 0 Å². The quantitative estimate of drug-likeness (QED) is 0.395. The minimum Gasteiger partial charge on any atom is -0.481 e. The van der Waals surface area contributed by atoms with Gasteiger partial charge in [0, 0.05) is 12.2 Å². The molecule has 2 unspecified atom stereocenters. The molecule has 3 fully saturated rings. The molecule has 11 heteroatoms. The normalized spacial score (nSPS) is 24.2. The maximum absolute atomic E-state index is 13.9. The number of nitrogens with zero attached hydrogens (tertiary/aromatic N) is 5. The van der Waals surface area contributed by atoms with Crippen molar-refractivity contribution in [1.29, 1.82) is 0 Å². The lowest BCUT2D eigenvalue weighted by Gasteiger charge is -2.47. The van der Waals surface area contributed by atoms with Gasteiger partial charge < -0.3 is 15.0 Å². The van der Waals surface area contributed by atoms with Gasteiger partial charge >= 0.3 is 5.97 Å². The van der Waals surface area contributed by atoms with Crippen LogP contribution < -0.4 is 5.32 Å². The summed E-state index contributed by atoms with van der Waals surface area (Å²) in [5.41, 5.74) is 1.21. The van der Waals surface area contributed by atoms with Crippen LogP contribution in [-0.4, -0.2) is 53.5 Å². The molecule has 2 bridgehead atoms. The number of carbonyl (C=O) groups is 1. The highest BCUT2D eigenvalue weighted by Gasteiger charge is 2.47. The van der Waals surface area contributed by atoms with E-state index in [4.69, 9.17) is 4.98 Å². The number of aromatic nitrogens is 6. The third-order valence-electron chi connectivity index (χ3n) is 7.35. The molecule has 0 amide bonds. The number of hydrogen-bond donors (Lipinski definition) is 3. The van der Waals surface area contributed by atoms with E-state index in [0.29, 0.717) is 33.6 Å². The Morgan fingerprint density at radius 3 is 2.76 bits per heavy atom. The van der Waals surface area contributed by atoms with E-state index in [0.717, 1.165) is 31.9 Å². The number of carboxylic acid groups (broad SMARTS) is 1. The van der Waals surface area contributed by atoms with Gasteiger partial charge in [-0.1, -0.05) is 0 Å². The first-order valence-corrected chi connectivity index (χ1v) is 11.5. The van der Waals surface area contributed by atoms with Gasteiger partial charge in [0.2, 0.25) is 0 Å². The van der Waals surface area contributed by atoms with Gasteiger partial charge in [0.15, 0.2) is 11.5 Å². The summed E-state index contributed by atoms with van der Waals surface area (Å²) in [6.07, 6.45) is 6.64. The third kappa shape index (κ3) is 3.29. The highest BCUT2D eigenvalue weighted by atomic mass is 19.1. The molecular formula is C23H23F2N7O2. The standard InChI is InChI=1S/C23H23F2N7O2/c24-6-8-32-7-5-14-20(27-17-12-3-1-11(2-4-12)16(17)23(33)34)28-21(29-22(14)32)18-15-9-13(25)10-26-19(15)31-30-18/h5,7,9-12,16-17H,1-4,6,8H2,(H,33,34)(H,26,30,31)(H,27,28,29). The lowest BCUT2D eigenvalue weighted by Crippen LogP contribution is -2.51. The number of aryl methyl sites for hydroxylation is 1. The van der Waals surface area contributed by atoms with Crippen LogP contribution in [0.15, 0.2) is 24.5 Å². The molecule has 176 valence electrons. The molecule has 4 aromatic heterocycles. The molecule has 0 aliphatic heterocycles. The molecule has 0 spiro atoms. The zero-order chi connectivity index (χ0) is 23.4. The Bertz CT molecular complexity index is 1390. The lowest BCUT2D eigenvalue weighted by atomic mass is 9.61. The third-order valence-corrected chi connectivity index (χ3v) is 7.35. The van der Waals surface area contributed by atoms with Crippen LogP contribution >= 0.6 is 0 Å². The maximum atomic E-state index is 13.9. The molecule has 9 nitrogen and oxygen atoms in total. The number of halogens is 2. The molecule has 3 aliphatic rings. The highest BCUT2D eigenvalue weighted by Crippen LogP contribution is 2.46. The van der Waals surface area contributed by atoms with Gasteiger partial charge in [0.05, 0.1) is 29.4 Å². The van der Waals surface area contributed by atoms with Crippen LogP contribution in [0.4, 0.5) is 14.6 Å². The van der Waals surface area contributed by atoms with E-state index in [-0.39, 0.29) is 30.2 Å². The number of alkyl halides is 1. The number of nitrogens with one attached hydrogen (secondary N) is 2. The van der Waals surface area contributed by atoms with E-state index in [2.05, 4.69) is 25.5 Å². The Morgan fingerprint density at radius 2 is 2.00 bits per heavy atom. The van der Waals surface area contributed by atoms with Crippen molar-refractivity contribution in [3.63, 3.8) is 0 Å². The molecule has 3 N–H and O–H groups in total. The first-order chi connectivity index (χ1) is 16.5. The number of anilines is 1. The predicted octanol–water partition coefficient (Wildman–Crippen LogP) is 3.78. The average molecular weight is 467 g/mol. The Labute approximate surface area is 192 Å². The number of H-pyrrole nitrogens is 1. The van der Waals surface area contributed by atoms with Gasteiger partial charge in [0.25, 0.3) is 0 Å². The van der Waals surface area contributed by atoms with Crippen molar-refractivity contribution in [2.75, 3.05) is 12.0 Å². The molecule has 7 rings (SSSR count). The molecule has 4 aromatic rings. The van der Waals surface area contributed by atoms with Crippen molar-refractivity contribution in [3.8, 4) is 11.5 Å². The van der Waals surface area contributed by atoms with Crippen molar-refractivity contribution < 1.29 is 18.7 Å². The fourth-order valence-electron chi connectivity index (χ4n) is 5.77. The number of hydrogen-bond acceptors (Lipinski definition) is 6. The SMILES string of the molecule is O=C(O)C1C2CCC(CC2)C1Nc1nc(-c2n[nH]c3ncc(F)cc23)nc2c1ccn2CCF. The maximum Gasteiger partial charge on any atom is 0.308 e. The van der Waals surface area contributed by atoms with E-state index in [9.17, 15) is 18.7 Å². The number of aromatic amines is 1. The minimum atomic E-state index is -0.799. The average Bonchev–Trinajstić information content (AvgIpc) is 3.44. The molecule has 3 aliphatic carbocycles. The van der Waals surface area contributed by atoms with Crippen LogP contribution in [-0.2, 0) is 11.3 Å². The summed E-state index contributed by atoms with van der Waals surface area (Å²) in [5, 5.41) is 21.5. The number of fused-ring (bicyclic) bond motifs is 5. The summed E-state index contributed by atoms with van der Waals surface area (Å²) in [5.74, 6) is -0.750. The topological polar surface area (TPSA) is 122 Å². The van der Waals surface area contributed by atoms with Crippen LogP contribution in [0.5, 0.6) is 0 Å². The van der Waals surface area contributed by atoms with E-state index in [1.807, 2.05) is 0 Å². The molecule has 34 heavy (non-hydrogen) atoms. The number of carboxylic acids is 1. The minimum absolute atomic E-state index is 0.114. The van der Waals surface area contributed by atoms with E-state index < -0.39 is 24.4 Å². The predicted molar refractivity (Wildman–Crippen MR) is 120 cm³/mol. The highest BCUT2D eigenvalue weighted by molar-refractivity contribution is 5.93. The van der Waals surface area contributed by atoms with Gasteiger partial charge in [-0.3, -0.25) is 9.89 Å². The number of rotatable bonds is 6. The summed E-state index contributed by atoms with van der Waals surface area (Å²) in [6.45, 7) is -0.456. The Morgan fingerprint density at radius 1 is 1.21 bits per heavy atom. The van der Waals surface area contributed by atoms with Crippen molar-refractivity contribution in [2.45, 2.75) is 38.3 Å². The van der Waals surface area contributed by atoms with Crippen molar-refractivity contribution in [1.82, 2.24) is 29.7 Å². The van der Waals surface area contributed by atoms with Crippen LogP contribution in [0.1, 0.15) is 25.7 Å². The second kappa shape index (κ2) is 8.00. The first kappa shape index (κ1) is 20.9. The van der Waals surface area contributed by atoms with Gasteiger partial charge in [-0.15, -0.1) is 0 Å². The smallest absolute Gasteiger partial charge is 0.308 e. The van der Waals surface area contributed by atoms with E-state index in [1.165, 1.54) is 6.07 Å². The van der Waals surface area contributed by atoms with Crippen molar-refractivity contribution in [2.24, 2.45) is 17.8 Å². The second-order valence-electron chi connectivity index (χ2n) is 9.16. The molecule has 3 saturated carbocycles. The fraction of sp³-hybridized carbons (Fsp3) is 0.435. The van der Waals surface area contributed by atoms with Crippen LogP contribution in [0.3, 0.4) is 0 Å². The molecule has 0 saturated heterocycles. The summed E-state index contributed by atoms with van der Waals surface area (Å²) in [6, 6.07) is 2.84. The van der Waals surface area contributed by atoms with Crippen molar-refractivity contribution in [3.05, 3.63) is 30.3 Å². The van der Waals surface area contributed by atoms with Crippen molar-refractivity contribution >= 4 is 33.9 Å². The number of pyridine rings is 1. The number of aliphatic carboxylic acids is 1. The Kier molecular flexibility index (Phi) is 4.93. The molecule has 0 aromatic carbocycles. The lowest BCUT2D eigenvalue weighted by molar-refractivity contribution is -0.148. The zero-order valence-corrected chi connectivity index (χ0v) is 18.2. The van der Waals surface area contributed by atoms with E-state index in [1.54, 1.807) is 16.8 Å². The summed E-state index contributed by atoms with van der Waals surface area (Å²) < 4.78 is 28.8. The largest absolute Gasteiger partial charge is 0.481 e. The Balaban J connectivity index is 1.49. The fourth-order valence-corrected chi connectivity index (χ4v) is 5.77. The first-order valence-electron chi connectivity index (χ1n) is 11.5. The summed E-state index contributed by atoms with van der Waals surface area (Å²) >= 11 is 0. The molecule has 2 atom stereocenters. The Hall–Kier alpha value is -3.63. The van der Waals surface area contributed by atoms with Gasteiger partial charge in [-0.05, 0) is 49.7 Å². The van der Waals surface area contributed by atoms with Gasteiger partial charge in [0.1, 0.15) is 29.7 Å². The van der Waals surface area contributed by atoms with E-state index >= 15 is 0 Å². The molecular weight excluding hydrogens is 444 g/mol. The zero-order valence-electron chi connectivity index (χ0n) is 18.2. The van der Waals surface area contributed by atoms with Crippen LogP contribution in [0.25, 0.3) is 33.6 Å². The van der Waals surface area contributed by atoms with Crippen LogP contribution in [0, 0.1) is 23.6 Å². The monoisotopic (exact) mass is 467 g/mol. The van der Waals surface area contributed by atoms with Gasteiger partial charge in [-0.2, -0.15) is 5.10 Å². The van der Waals surface area contributed by atoms with Gasteiger partial charge in [-0.25, -0.2) is 23.7 Å². The molecule has 4 heterocycles. The second-order valence-corrected chi connectivity index (χ2v) is 9.16.